The van der Waals surface area contributed by atoms with Crippen LogP contribution in [0, 0.1) is 0 Å². The second kappa shape index (κ2) is 8.62. The maximum Gasteiger partial charge on any atom is 0.0642 e. The minimum Gasteiger partial charge on any atom is -0.394 e. The van der Waals surface area contributed by atoms with Crippen LogP contribution in [0.25, 0.3) is 0 Å². The van der Waals surface area contributed by atoms with Gasteiger partial charge in [-0.3, -0.25) is 0 Å². The first kappa shape index (κ1) is 16.6. The second-order valence-electron chi connectivity index (χ2n) is 5.84. The molecule has 3 nitrogen and oxygen atoms in total. The number of nitrogens with zero attached hydrogens (tertiary/aromatic N) is 1. The van der Waals surface area contributed by atoms with E-state index in [2.05, 4.69) is 35.3 Å². The lowest BCUT2D eigenvalue weighted by Gasteiger charge is -2.31. The Bertz CT molecular complexity index is 439. The molecule has 0 saturated carbocycles. The molecule has 1 aliphatic rings. The first-order valence-electron chi connectivity index (χ1n) is 8.13. The third-order valence-corrected chi connectivity index (χ3v) is 4.47. The van der Waals surface area contributed by atoms with Crippen LogP contribution in [0.1, 0.15) is 44.6 Å². The molecule has 1 fully saturated rings. The molecule has 1 aliphatic heterocycles. The van der Waals surface area contributed by atoms with Crippen LogP contribution < -0.4 is 10.2 Å². The predicted octanol–water partition coefficient (Wildman–Crippen LogP) is 3.58. The molecule has 4 heteroatoms. The molecule has 1 saturated heterocycles. The number of anilines is 1. The summed E-state index contributed by atoms with van der Waals surface area (Å²) >= 11 is 6.50. The average Bonchev–Trinajstić information content (AvgIpc) is 2.73. The van der Waals surface area contributed by atoms with E-state index in [4.69, 9.17) is 11.6 Å². The fourth-order valence-corrected chi connectivity index (χ4v) is 3.30. The van der Waals surface area contributed by atoms with Gasteiger partial charge in [0, 0.05) is 13.1 Å². The monoisotopic (exact) mass is 310 g/mol. The number of hydrogen-bond acceptors (Lipinski definition) is 3. The lowest BCUT2D eigenvalue weighted by Crippen LogP contribution is -2.37. The van der Waals surface area contributed by atoms with E-state index in [1.54, 1.807) is 0 Å². The van der Waals surface area contributed by atoms with E-state index in [1.165, 1.54) is 24.8 Å². The van der Waals surface area contributed by atoms with E-state index in [0.717, 1.165) is 43.2 Å². The summed E-state index contributed by atoms with van der Waals surface area (Å²) in [4.78, 5) is 2.29. The van der Waals surface area contributed by atoms with Crippen molar-refractivity contribution in [2.24, 2.45) is 0 Å². The Kier molecular flexibility index (Phi) is 6.81. The number of nitrogens with one attached hydrogen (secondary N) is 1. The quantitative estimate of drug-likeness (QED) is 0.788. The fourth-order valence-electron chi connectivity index (χ4n) is 2.99. The van der Waals surface area contributed by atoms with E-state index in [0.29, 0.717) is 0 Å². The molecule has 0 amide bonds. The highest BCUT2D eigenvalue weighted by atomic mass is 35.5. The van der Waals surface area contributed by atoms with Gasteiger partial charge >= 0.3 is 0 Å². The number of rotatable bonds is 6. The van der Waals surface area contributed by atoms with Crippen LogP contribution in [0.3, 0.4) is 0 Å². The third kappa shape index (κ3) is 4.60. The second-order valence-corrected chi connectivity index (χ2v) is 6.25. The zero-order valence-electron chi connectivity index (χ0n) is 12.9. The van der Waals surface area contributed by atoms with Gasteiger partial charge in [-0.15, -0.1) is 0 Å². The van der Waals surface area contributed by atoms with Gasteiger partial charge in [-0.1, -0.05) is 37.4 Å². The molecule has 2 N–H and O–H groups in total. The van der Waals surface area contributed by atoms with Gasteiger partial charge < -0.3 is 15.3 Å². The number of benzene rings is 1. The van der Waals surface area contributed by atoms with Crippen LogP contribution in [0.5, 0.6) is 0 Å². The molecule has 0 bridgehead atoms. The smallest absolute Gasteiger partial charge is 0.0642 e. The minimum atomic E-state index is 0.203. The summed E-state index contributed by atoms with van der Waals surface area (Å²) in [6.07, 6.45) is 5.79. The molecule has 1 atom stereocenters. The lowest BCUT2D eigenvalue weighted by molar-refractivity contribution is 0.255. The Morgan fingerprint density at radius 1 is 1.33 bits per heavy atom. The van der Waals surface area contributed by atoms with E-state index in [1.807, 2.05) is 0 Å². The van der Waals surface area contributed by atoms with Gasteiger partial charge in [0.25, 0.3) is 0 Å². The maximum absolute atomic E-state index is 9.64. The van der Waals surface area contributed by atoms with Crippen LogP contribution in [-0.4, -0.2) is 30.8 Å². The summed E-state index contributed by atoms with van der Waals surface area (Å²) in [5.41, 5.74) is 2.28. The van der Waals surface area contributed by atoms with Crippen LogP contribution >= 0.6 is 11.6 Å². The van der Waals surface area contributed by atoms with Crippen molar-refractivity contribution in [3.05, 3.63) is 28.8 Å². The van der Waals surface area contributed by atoms with Gasteiger partial charge in [-0.2, -0.15) is 0 Å². The molecule has 0 aromatic heterocycles. The van der Waals surface area contributed by atoms with Crippen molar-refractivity contribution in [2.75, 3.05) is 24.6 Å². The normalized spacial score (nSPS) is 19.6. The van der Waals surface area contributed by atoms with Crippen LogP contribution in [0.4, 0.5) is 5.69 Å². The zero-order chi connectivity index (χ0) is 15.1. The average molecular weight is 311 g/mol. The predicted molar refractivity (Wildman–Crippen MR) is 90.1 cm³/mol. The highest BCUT2D eigenvalue weighted by Gasteiger charge is 2.22. The van der Waals surface area contributed by atoms with E-state index >= 15 is 0 Å². The van der Waals surface area contributed by atoms with Crippen LogP contribution in [0.15, 0.2) is 18.2 Å². The molecule has 0 spiro atoms. The summed E-state index contributed by atoms with van der Waals surface area (Å²) in [7, 11) is 0. The molecule has 1 aromatic carbocycles. The van der Waals surface area contributed by atoms with Crippen molar-refractivity contribution in [3.8, 4) is 0 Å². The Morgan fingerprint density at radius 3 is 2.90 bits per heavy atom. The largest absolute Gasteiger partial charge is 0.394 e. The fraction of sp³-hybridized carbons (Fsp3) is 0.647. The van der Waals surface area contributed by atoms with Crippen LogP contribution in [0.2, 0.25) is 5.02 Å². The molecular weight excluding hydrogens is 284 g/mol. The Balaban J connectivity index is 2.10. The van der Waals surface area contributed by atoms with Gasteiger partial charge in [0.2, 0.25) is 0 Å². The molecule has 0 aliphatic carbocycles. The van der Waals surface area contributed by atoms with Crippen molar-refractivity contribution < 1.29 is 5.11 Å². The van der Waals surface area contributed by atoms with E-state index in [9.17, 15) is 5.11 Å². The van der Waals surface area contributed by atoms with Gasteiger partial charge in [0.1, 0.15) is 0 Å². The topological polar surface area (TPSA) is 35.5 Å². The van der Waals surface area contributed by atoms with Crippen LogP contribution in [-0.2, 0) is 6.54 Å². The van der Waals surface area contributed by atoms with Crippen molar-refractivity contribution in [1.29, 1.82) is 0 Å². The zero-order valence-corrected chi connectivity index (χ0v) is 13.7. The van der Waals surface area contributed by atoms with Crippen molar-refractivity contribution in [1.82, 2.24) is 5.32 Å². The van der Waals surface area contributed by atoms with Gasteiger partial charge in [0.05, 0.1) is 23.4 Å². The van der Waals surface area contributed by atoms with E-state index in [-0.39, 0.29) is 12.6 Å². The maximum atomic E-state index is 9.64. The van der Waals surface area contributed by atoms with Gasteiger partial charge in [-0.05, 0) is 43.5 Å². The summed E-state index contributed by atoms with van der Waals surface area (Å²) in [5, 5.41) is 13.8. The Labute approximate surface area is 133 Å². The minimum absolute atomic E-state index is 0.203. The third-order valence-electron chi connectivity index (χ3n) is 4.17. The number of hydrogen-bond donors (Lipinski definition) is 2. The summed E-state index contributed by atoms with van der Waals surface area (Å²) in [6, 6.07) is 6.51. The molecule has 1 unspecified atom stereocenters. The molecular formula is C17H27ClN2O. The molecule has 2 rings (SSSR count). The first-order valence-corrected chi connectivity index (χ1v) is 8.50. The highest BCUT2D eigenvalue weighted by molar-refractivity contribution is 6.33. The summed E-state index contributed by atoms with van der Waals surface area (Å²) < 4.78 is 0. The SMILES string of the molecule is CCCNCc1ccc(N2CCCCCC2CO)c(Cl)c1. The van der Waals surface area contributed by atoms with Crippen molar-refractivity contribution in [3.63, 3.8) is 0 Å². The van der Waals surface area contributed by atoms with Gasteiger partial charge in [0.15, 0.2) is 0 Å². The molecule has 0 radical (unpaired) electrons. The molecule has 1 aromatic rings. The van der Waals surface area contributed by atoms with E-state index < -0.39 is 0 Å². The molecule has 1 heterocycles. The standard InChI is InChI=1S/C17H27ClN2O/c1-2-9-19-12-14-7-8-17(16(18)11-14)20-10-5-3-4-6-15(20)13-21/h7-8,11,15,19,21H,2-6,9-10,12-13H2,1H3. The Morgan fingerprint density at radius 2 is 2.19 bits per heavy atom. The highest BCUT2D eigenvalue weighted by Crippen LogP contribution is 2.31. The molecule has 21 heavy (non-hydrogen) atoms. The summed E-state index contributed by atoms with van der Waals surface area (Å²) in [6.45, 7) is 5.24. The first-order chi connectivity index (χ1) is 10.3. The lowest BCUT2D eigenvalue weighted by atomic mass is 10.1. The number of aliphatic hydroxyl groups excluding tert-OH is 1. The van der Waals surface area contributed by atoms with Crippen molar-refractivity contribution in [2.45, 2.75) is 51.6 Å². The Hall–Kier alpha value is -0.770. The summed E-state index contributed by atoms with van der Waals surface area (Å²) in [5.74, 6) is 0. The molecule has 118 valence electrons. The van der Waals surface area contributed by atoms with Crippen molar-refractivity contribution >= 4 is 17.3 Å². The number of aliphatic hydroxyl groups is 1. The van der Waals surface area contributed by atoms with Gasteiger partial charge in [-0.25, -0.2) is 0 Å². The number of halogens is 1.